The van der Waals surface area contributed by atoms with Gasteiger partial charge in [0.2, 0.25) is 0 Å². The van der Waals surface area contributed by atoms with Gasteiger partial charge in [-0.15, -0.1) is 0 Å². The number of benzene rings is 1. The summed E-state index contributed by atoms with van der Waals surface area (Å²) in [6.45, 7) is 0. The standard InChI is InChI=1S/C14H18N2O4/c1-15(12-4-2-3-5-14(12)18)11-7-6-10(9-17)8-13(11)16(19)20/h6-9,12,14,18H,2-5H2,1H3. The van der Waals surface area contributed by atoms with Crippen molar-refractivity contribution in [3.8, 4) is 0 Å². The number of aliphatic hydroxyl groups excluding tert-OH is 1. The molecule has 1 aromatic carbocycles. The number of carbonyl (C=O) groups excluding carboxylic acids is 1. The fourth-order valence-electron chi connectivity index (χ4n) is 2.78. The second-order valence-electron chi connectivity index (χ2n) is 5.15. The first-order valence-corrected chi connectivity index (χ1v) is 6.69. The maximum absolute atomic E-state index is 11.2. The summed E-state index contributed by atoms with van der Waals surface area (Å²) in [5.74, 6) is 0. The van der Waals surface area contributed by atoms with Crippen LogP contribution in [0.3, 0.4) is 0 Å². The minimum Gasteiger partial charge on any atom is -0.391 e. The molecule has 0 amide bonds. The number of nitrogens with zero attached hydrogens (tertiary/aromatic N) is 2. The largest absolute Gasteiger partial charge is 0.391 e. The maximum Gasteiger partial charge on any atom is 0.293 e. The third kappa shape index (κ3) is 2.80. The fraction of sp³-hybridized carbons (Fsp3) is 0.500. The third-order valence-electron chi connectivity index (χ3n) is 3.90. The first kappa shape index (κ1) is 14.5. The topological polar surface area (TPSA) is 83.7 Å². The van der Waals surface area contributed by atoms with E-state index in [1.54, 1.807) is 24.1 Å². The number of aliphatic hydroxyl groups is 1. The van der Waals surface area contributed by atoms with Gasteiger partial charge in [-0.05, 0) is 25.0 Å². The molecular weight excluding hydrogens is 260 g/mol. The van der Waals surface area contributed by atoms with Crippen molar-refractivity contribution in [2.75, 3.05) is 11.9 Å². The molecule has 1 saturated carbocycles. The van der Waals surface area contributed by atoms with Gasteiger partial charge in [0, 0.05) is 18.7 Å². The number of nitro benzene ring substituents is 1. The van der Waals surface area contributed by atoms with Gasteiger partial charge in [-0.25, -0.2) is 0 Å². The van der Waals surface area contributed by atoms with Crippen molar-refractivity contribution in [3.63, 3.8) is 0 Å². The molecular formula is C14H18N2O4. The van der Waals surface area contributed by atoms with E-state index in [2.05, 4.69) is 0 Å². The number of likely N-dealkylation sites (N-methyl/N-ethyl adjacent to an activating group) is 1. The highest BCUT2D eigenvalue weighted by atomic mass is 16.6. The molecule has 1 aliphatic rings. The monoisotopic (exact) mass is 278 g/mol. The molecule has 1 aromatic rings. The number of rotatable bonds is 4. The van der Waals surface area contributed by atoms with Gasteiger partial charge in [-0.1, -0.05) is 12.8 Å². The SMILES string of the molecule is CN(c1ccc(C=O)cc1[N+](=O)[O-])C1CCCCC1O. The molecule has 0 radical (unpaired) electrons. The van der Waals surface area contributed by atoms with Gasteiger partial charge >= 0.3 is 0 Å². The molecule has 2 unspecified atom stereocenters. The molecule has 0 bridgehead atoms. The van der Waals surface area contributed by atoms with E-state index in [4.69, 9.17) is 0 Å². The number of hydrogen-bond donors (Lipinski definition) is 1. The average Bonchev–Trinajstić information content (AvgIpc) is 2.46. The van der Waals surface area contributed by atoms with Crippen molar-refractivity contribution in [3.05, 3.63) is 33.9 Å². The Morgan fingerprint density at radius 2 is 2.10 bits per heavy atom. The van der Waals surface area contributed by atoms with Crippen LogP contribution in [0.1, 0.15) is 36.0 Å². The Kier molecular flexibility index (Phi) is 4.34. The Labute approximate surface area is 117 Å². The van der Waals surface area contributed by atoms with Crippen molar-refractivity contribution in [2.45, 2.75) is 37.8 Å². The first-order valence-electron chi connectivity index (χ1n) is 6.69. The van der Waals surface area contributed by atoms with Crippen molar-refractivity contribution in [1.29, 1.82) is 0 Å². The van der Waals surface area contributed by atoms with Gasteiger partial charge in [-0.3, -0.25) is 14.9 Å². The van der Waals surface area contributed by atoms with Crippen LogP contribution >= 0.6 is 0 Å². The highest BCUT2D eigenvalue weighted by Crippen LogP contribution is 2.33. The van der Waals surface area contributed by atoms with Crippen LogP contribution in [-0.2, 0) is 0 Å². The molecule has 0 spiro atoms. The van der Waals surface area contributed by atoms with E-state index in [1.807, 2.05) is 0 Å². The molecule has 108 valence electrons. The van der Waals surface area contributed by atoms with Crippen molar-refractivity contribution in [2.24, 2.45) is 0 Å². The Hall–Kier alpha value is -1.95. The van der Waals surface area contributed by atoms with Crippen LogP contribution in [0.2, 0.25) is 0 Å². The van der Waals surface area contributed by atoms with E-state index < -0.39 is 11.0 Å². The minimum absolute atomic E-state index is 0.102. The van der Waals surface area contributed by atoms with Gasteiger partial charge in [0.1, 0.15) is 12.0 Å². The summed E-state index contributed by atoms with van der Waals surface area (Å²) in [5.41, 5.74) is 0.611. The normalized spacial score (nSPS) is 22.3. The van der Waals surface area contributed by atoms with Crippen molar-refractivity contribution in [1.82, 2.24) is 0 Å². The lowest BCUT2D eigenvalue weighted by Gasteiger charge is -2.36. The van der Waals surface area contributed by atoms with Crippen molar-refractivity contribution < 1.29 is 14.8 Å². The molecule has 0 saturated heterocycles. The van der Waals surface area contributed by atoms with Gasteiger partial charge in [0.05, 0.1) is 17.1 Å². The summed E-state index contributed by atoms with van der Waals surface area (Å²) in [6, 6.07) is 4.28. The van der Waals surface area contributed by atoms with Crippen LogP contribution in [-0.4, -0.2) is 35.5 Å². The lowest BCUT2D eigenvalue weighted by atomic mass is 9.91. The van der Waals surface area contributed by atoms with Crippen LogP contribution in [0.15, 0.2) is 18.2 Å². The van der Waals surface area contributed by atoms with Crippen LogP contribution in [0.4, 0.5) is 11.4 Å². The summed E-state index contributed by atoms with van der Waals surface area (Å²) < 4.78 is 0. The Balaban J connectivity index is 2.35. The molecule has 0 aliphatic heterocycles. The highest BCUT2D eigenvalue weighted by molar-refractivity contribution is 5.79. The van der Waals surface area contributed by atoms with Gasteiger partial charge in [0.25, 0.3) is 5.69 Å². The molecule has 20 heavy (non-hydrogen) atoms. The quantitative estimate of drug-likeness (QED) is 0.518. The van der Waals surface area contributed by atoms with E-state index in [-0.39, 0.29) is 17.3 Å². The van der Waals surface area contributed by atoms with E-state index in [0.29, 0.717) is 12.0 Å². The zero-order chi connectivity index (χ0) is 14.7. The molecule has 2 atom stereocenters. The van der Waals surface area contributed by atoms with E-state index in [9.17, 15) is 20.0 Å². The van der Waals surface area contributed by atoms with Gasteiger partial charge in [0.15, 0.2) is 0 Å². The predicted molar refractivity (Wildman–Crippen MR) is 75.1 cm³/mol. The fourth-order valence-corrected chi connectivity index (χ4v) is 2.78. The van der Waals surface area contributed by atoms with E-state index in [0.717, 1.165) is 25.7 Å². The second kappa shape index (κ2) is 6.00. The zero-order valence-electron chi connectivity index (χ0n) is 11.4. The van der Waals surface area contributed by atoms with Crippen LogP contribution in [0.5, 0.6) is 0 Å². The summed E-state index contributed by atoms with van der Waals surface area (Å²) in [5, 5.41) is 21.2. The average molecular weight is 278 g/mol. The molecule has 0 aromatic heterocycles. The lowest BCUT2D eigenvalue weighted by Crippen LogP contribution is -2.43. The molecule has 2 rings (SSSR count). The van der Waals surface area contributed by atoms with Gasteiger partial charge < -0.3 is 10.0 Å². The Morgan fingerprint density at radius 3 is 2.70 bits per heavy atom. The summed E-state index contributed by atoms with van der Waals surface area (Å²) >= 11 is 0. The number of aldehydes is 1. The smallest absolute Gasteiger partial charge is 0.293 e. The Morgan fingerprint density at radius 1 is 1.40 bits per heavy atom. The zero-order valence-corrected chi connectivity index (χ0v) is 11.4. The minimum atomic E-state index is -0.492. The lowest BCUT2D eigenvalue weighted by molar-refractivity contribution is -0.384. The molecule has 1 fully saturated rings. The molecule has 1 aliphatic carbocycles. The summed E-state index contributed by atoms with van der Waals surface area (Å²) in [7, 11) is 1.75. The maximum atomic E-state index is 11.2. The van der Waals surface area contributed by atoms with E-state index >= 15 is 0 Å². The molecule has 6 nitrogen and oxygen atoms in total. The number of anilines is 1. The van der Waals surface area contributed by atoms with E-state index in [1.165, 1.54) is 6.07 Å². The third-order valence-corrected chi connectivity index (χ3v) is 3.90. The molecule has 1 N–H and O–H groups in total. The molecule has 6 heteroatoms. The van der Waals surface area contributed by atoms with Crippen LogP contribution < -0.4 is 4.90 Å². The van der Waals surface area contributed by atoms with Crippen LogP contribution in [0.25, 0.3) is 0 Å². The summed E-state index contributed by atoms with van der Waals surface area (Å²) in [4.78, 5) is 23.2. The predicted octanol–water partition coefficient (Wildman–Crippen LogP) is 2.15. The first-order chi connectivity index (χ1) is 9.54. The van der Waals surface area contributed by atoms with Crippen molar-refractivity contribution >= 4 is 17.7 Å². The van der Waals surface area contributed by atoms with Gasteiger partial charge in [-0.2, -0.15) is 0 Å². The number of hydrogen-bond acceptors (Lipinski definition) is 5. The molecule has 0 heterocycles. The summed E-state index contributed by atoms with van der Waals surface area (Å²) in [6.07, 6.45) is 3.63. The number of nitro groups is 1. The second-order valence-corrected chi connectivity index (χ2v) is 5.15. The number of carbonyl (C=O) groups is 1. The Bertz CT molecular complexity index is 518. The highest BCUT2D eigenvalue weighted by Gasteiger charge is 2.30. The van der Waals surface area contributed by atoms with Crippen LogP contribution in [0, 0.1) is 10.1 Å².